The van der Waals surface area contributed by atoms with Crippen molar-refractivity contribution in [1.82, 2.24) is 10.6 Å². The summed E-state index contributed by atoms with van der Waals surface area (Å²) < 4.78 is 17.1. The smallest absolute Gasteiger partial charge is 0.287 e. The molecule has 3 aromatic rings. The number of piperidine rings is 1. The Balaban J connectivity index is 1.34. The number of carbonyl (C=O) groups is 1. The first-order valence-corrected chi connectivity index (χ1v) is 10.2. The molecular formula is C23H24N2O4. The lowest BCUT2D eigenvalue weighted by molar-refractivity contribution is 0.0918. The van der Waals surface area contributed by atoms with Gasteiger partial charge in [-0.25, -0.2) is 0 Å². The average molecular weight is 392 g/mol. The summed E-state index contributed by atoms with van der Waals surface area (Å²) in [6.45, 7) is 3.87. The van der Waals surface area contributed by atoms with Gasteiger partial charge in [-0.15, -0.1) is 0 Å². The van der Waals surface area contributed by atoms with Gasteiger partial charge in [0.2, 0.25) is 0 Å². The summed E-state index contributed by atoms with van der Waals surface area (Å²) >= 11 is 0. The van der Waals surface area contributed by atoms with E-state index in [-0.39, 0.29) is 5.91 Å². The number of ether oxygens (including phenoxy) is 2. The maximum absolute atomic E-state index is 12.5. The van der Waals surface area contributed by atoms with Gasteiger partial charge in [-0.1, -0.05) is 18.2 Å². The lowest BCUT2D eigenvalue weighted by atomic mass is 9.98. The van der Waals surface area contributed by atoms with Crippen molar-refractivity contribution in [3.63, 3.8) is 0 Å². The highest BCUT2D eigenvalue weighted by Gasteiger charge is 2.18. The fourth-order valence-corrected chi connectivity index (χ4v) is 3.96. The van der Waals surface area contributed by atoms with Crippen LogP contribution in [-0.2, 0) is 0 Å². The van der Waals surface area contributed by atoms with Gasteiger partial charge in [0.25, 0.3) is 5.91 Å². The Bertz CT molecular complexity index is 1040. The van der Waals surface area contributed by atoms with Crippen molar-refractivity contribution in [2.75, 3.05) is 32.8 Å². The SMILES string of the molecule is O=C(NCC1CCNCC1)c1cc2ccc(-c3ccc4c(c3)OCCO4)cc2o1. The van der Waals surface area contributed by atoms with Crippen LogP contribution in [0.1, 0.15) is 23.4 Å². The van der Waals surface area contributed by atoms with E-state index in [1.807, 2.05) is 36.4 Å². The Hall–Kier alpha value is -2.99. The number of carbonyl (C=O) groups excluding carboxylic acids is 1. The summed E-state index contributed by atoms with van der Waals surface area (Å²) in [7, 11) is 0. The Morgan fingerprint density at radius 3 is 2.59 bits per heavy atom. The van der Waals surface area contributed by atoms with E-state index in [0.717, 1.165) is 53.9 Å². The van der Waals surface area contributed by atoms with E-state index in [4.69, 9.17) is 13.9 Å². The zero-order chi connectivity index (χ0) is 19.6. The zero-order valence-electron chi connectivity index (χ0n) is 16.2. The van der Waals surface area contributed by atoms with E-state index in [9.17, 15) is 4.79 Å². The Morgan fingerprint density at radius 2 is 1.72 bits per heavy atom. The number of benzene rings is 2. The largest absolute Gasteiger partial charge is 0.486 e. The minimum Gasteiger partial charge on any atom is -0.486 e. The molecule has 0 saturated carbocycles. The van der Waals surface area contributed by atoms with E-state index in [1.165, 1.54) is 0 Å². The van der Waals surface area contributed by atoms with Crippen LogP contribution in [0.15, 0.2) is 46.9 Å². The van der Waals surface area contributed by atoms with Crippen molar-refractivity contribution in [3.8, 4) is 22.6 Å². The highest BCUT2D eigenvalue weighted by atomic mass is 16.6. The molecule has 0 unspecified atom stereocenters. The van der Waals surface area contributed by atoms with Gasteiger partial charge in [0.05, 0.1) is 0 Å². The van der Waals surface area contributed by atoms with Crippen molar-refractivity contribution in [3.05, 3.63) is 48.2 Å². The van der Waals surface area contributed by atoms with Crippen LogP contribution in [0.2, 0.25) is 0 Å². The summed E-state index contributed by atoms with van der Waals surface area (Å²) in [6.07, 6.45) is 2.19. The number of amides is 1. The molecule has 2 N–H and O–H groups in total. The zero-order valence-corrected chi connectivity index (χ0v) is 16.2. The van der Waals surface area contributed by atoms with Crippen LogP contribution >= 0.6 is 0 Å². The van der Waals surface area contributed by atoms with Crippen LogP contribution in [0, 0.1) is 5.92 Å². The van der Waals surface area contributed by atoms with Crippen LogP contribution < -0.4 is 20.1 Å². The molecule has 1 fully saturated rings. The molecule has 1 aromatic heterocycles. The van der Waals surface area contributed by atoms with Crippen molar-refractivity contribution < 1.29 is 18.7 Å². The predicted molar refractivity (Wildman–Crippen MR) is 111 cm³/mol. The molecule has 1 saturated heterocycles. The Labute approximate surface area is 169 Å². The van der Waals surface area contributed by atoms with Gasteiger partial charge in [0, 0.05) is 11.9 Å². The van der Waals surface area contributed by atoms with E-state index in [0.29, 0.717) is 37.0 Å². The van der Waals surface area contributed by atoms with Gasteiger partial charge >= 0.3 is 0 Å². The number of nitrogens with one attached hydrogen (secondary N) is 2. The average Bonchev–Trinajstić information content (AvgIpc) is 3.21. The van der Waals surface area contributed by atoms with Crippen LogP contribution in [-0.4, -0.2) is 38.8 Å². The number of hydrogen-bond donors (Lipinski definition) is 2. The summed E-state index contributed by atoms with van der Waals surface area (Å²) in [4.78, 5) is 12.5. The topological polar surface area (TPSA) is 72.7 Å². The Kier molecular flexibility index (Phi) is 4.86. The maximum Gasteiger partial charge on any atom is 0.287 e. The van der Waals surface area contributed by atoms with Gasteiger partial charge in [-0.05, 0) is 67.2 Å². The Morgan fingerprint density at radius 1 is 0.966 bits per heavy atom. The third-order valence-corrected chi connectivity index (χ3v) is 5.63. The molecule has 29 heavy (non-hydrogen) atoms. The molecule has 0 spiro atoms. The molecule has 0 bridgehead atoms. The first-order valence-electron chi connectivity index (χ1n) is 10.2. The van der Waals surface area contributed by atoms with E-state index >= 15 is 0 Å². The third kappa shape index (κ3) is 3.80. The van der Waals surface area contributed by atoms with Crippen LogP contribution in [0.4, 0.5) is 0 Å². The minimum absolute atomic E-state index is 0.152. The lowest BCUT2D eigenvalue weighted by Gasteiger charge is -2.22. The molecule has 2 aromatic carbocycles. The van der Waals surface area contributed by atoms with Gasteiger partial charge in [-0.3, -0.25) is 4.79 Å². The molecule has 6 nitrogen and oxygen atoms in total. The summed E-state index contributed by atoms with van der Waals surface area (Å²) in [5.41, 5.74) is 2.72. The second-order valence-electron chi connectivity index (χ2n) is 7.63. The number of furan rings is 1. The summed E-state index contributed by atoms with van der Waals surface area (Å²) in [5.74, 6) is 2.26. The van der Waals surface area contributed by atoms with Crippen molar-refractivity contribution in [1.29, 1.82) is 0 Å². The monoisotopic (exact) mass is 392 g/mol. The lowest BCUT2D eigenvalue weighted by Crippen LogP contribution is -2.35. The normalized spacial score (nSPS) is 16.7. The summed E-state index contributed by atoms with van der Waals surface area (Å²) in [6, 6.07) is 13.7. The molecule has 150 valence electrons. The van der Waals surface area contributed by atoms with E-state index < -0.39 is 0 Å². The number of hydrogen-bond acceptors (Lipinski definition) is 5. The molecule has 6 heteroatoms. The van der Waals surface area contributed by atoms with Crippen molar-refractivity contribution >= 4 is 16.9 Å². The molecule has 5 rings (SSSR count). The maximum atomic E-state index is 12.5. The second-order valence-corrected chi connectivity index (χ2v) is 7.63. The quantitative estimate of drug-likeness (QED) is 0.710. The minimum atomic E-state index is -0.152. The van der Waals surface area contributed by atoms with Crippen molar-refractivity contribution in [2.45, 2.75) is 12.8 Å². The second kappa shape index (κ2) is 7.79. The molecule has 0 aliphatic carbocycles. The first kappa shape index (κ1) is 18.1. The van der Waals surface area contributed by atoms with Gasteiger partial charge in [0.1, 0.15) is 18.8 Å². The van der Waals surface area contributed by atoms with Crippen LogP contribution in [0.5, 0.6) is 11.5 Å². The van der Waals surface area contributed by atoms with Crippen LogP contribution in [0.25, 0.3) is 22.1 Å². The van der Waals surface area contributed by atoms with Gasteiger partial charge < -0.3 is 24.5 Å². The third-order valence-electron chi connectivity index (χ3n) is 5.63. The fourth-order valence-electron chi connectivity index (χ4n) is 3.96. The molecule has 0 atom stereocenters. The van der Waals surface area contributed by atoms with E-state index in [2.05, 4.69) is 10.6 Å². The first-order chi connectivity index (χ1) is 14.3. The number of fused-ring (bicyclic) bond motifs is 2. The molecule has 0 radical (unpaired) electrons. The van der Waals surface area contributed by atoms with E-state index in [1.54, 1.807) is 6.07 Å². The fraction of sp³-hybridized carbons (Fsp3) is 0.348. The molecule has 2 aliphatic rings. The van der Waals surface area contributed by atoms with Crippen LogP contribution in [0.3, 0.4) is 0 Å². The van der Waals surface area contributed by atoms with Crippen molar-refractivity contribution in [2.24, 2.45) is 5.92 Å². The molecule has 1 amide bonds. The summed E-state index contributed by atoms with van der Waals surface area (Å²) in [5, 5.41) is 7.28. The molecule has 3 heterocycles. The number of rotatable bonds is 4. The highest BCUT2D eigenvalue weighted by Crippen LogP contribution is 2.35. The molecular weight excluding hydrogens is 368 g/mol. The van der Waals surface area contributed by atoms with Gasteiger partial charge in [-0.2, -0.15) is 0 Å². The van der Waals surface area contributed by atoms with Gasteiger partial charge in [0.15, 0.2) is 17.3 Å². The molecule has 2 aliphatic heterocycles. The predicted octanol–water partition coefficient (Wildman–Crippen LogP) is 3.60. The highest BCUT2D eigenvalue weighted by molar-refractivity contribution is 5.96. The standard InChI is InChI=1S/C23H24N2O4/c26-23(25-14-15-5-7-24-8-6-15)22-13-18-2-1-16(11-20(18)29-22)17-3-4-19-21(12-17)28-10-9-27-19/h1-4,11-13,15,24H,5-10,14H2,(H,25,26).